The number of carbonyl (C=O) groups excluding carboxylic acids is 1. The molecule has 7 nitrogen and oxygen atoms in total. The van der Waals surface area contributed by atoms with Gasteiger partial charge in [-0.3, -0.25) is 9.59 Å². The minimum atomic E-state index is -0.864. The highest BCUT2D eigenvalue weighted by Crippen LogP contribution is 2.43. The van der Waals surface area contributed by atoms with Crippen LogP contribution in [0.2, 0.25) is 0 Å². The van der Waals surface area contributed by atoms with Crippen molar-refractivity contribution in [3.63, 3.8) is 0 Å². The minimum absolute atomic E-state index is 0.0141. The fourth-order valence-electron chi connectivity index (χ4n) is 4.23. The van der Waals surface area contributed by atoms with Crippen LogP contribution in [0.15, 0.2) is 18.2 Å². The van der Waals surface area contributed by atoms with Gasteiger partial charge in [-0.2, -0.15) is 0 Å². The summed E-state index contributed by atoms with van der Waals surface area (Å²) in [6.45, 7) is 3.43. The van der Waals surface area contributed by atoms with Gasteiger partial charge in [0, 0.05) is 31.5 Å². The normalized spacial score (nSPS) is 25.6. The summed E-state index contributed by atoms with van der Waals surface area (Å²) in [5.74, 6) is 0.0468. The van der Waals surface area contributed by atoms with Crippen molar-refractivity contribution in [1.82, 2.24) is 4.90 Å². The van der Waals surface area contributed by atoms with Gasteiger partial charge in [-0.1, -0.05) is 13.0 Å². The summed E-state index contributed by atoms with van der Waals surface area (Å²) >= 11 is 0. The van der Waals surface area contributed by atoms with E-state index >= 15 is 0 Å². The van der Waals surface area contributed by atoms with E-state index < -0.39 is 11.4 Å². The molecule has 2 aliphatic heterocycles. The second-order valence-electron chi connectivity index (χ2n) is 7.50. The number of likely N-dealkylation sites (tertiary alicyclic amines) is 1. The molecule has 1 unspecified atom stereocenters. The van der Waals surface area contributed by atoms with Crippen LogP contribution in [0, 0.1) is 17.3 Å². The van der Waals surface area contributed by atoms with E-state index in [1.54, 1.807) is 19.1 Å². The molecule has 2 aliphatic rings. The first-order chi connectivity index (χ1) is 12.9. The fraction of sp³-hybridized carbons (Fsp3) is 0.600. The lowest BCUT2D eigenvalue weighted by Crippen LogP contribution is -2.45. The van der Waals surface area contributed by atoms with Crippen LogP contribution >= 0.6 is 0 Å². The molecular formula is C20H27NO6. The highest BCUT2D eigenvalue weighted by atomic mass is 16.5. The molecule has 1 aromatic rings. The van der Waals surface area contributed by atoms with Crippen molar-refractivity contribution < 1.29 is 28.9 Å². The third-order valence-electron chi connectivity index (χ3n) is 5.86. The second kappa shape index (κ2) is 7.76. The molecule has 0 spiro atoms. The predicted octanol–water partition coefficient (Wildman–Crippen LogP) is 1.83. The maximum Gasteiger partial charge on any atom is 0.311 e. The summed E-state index contributed by atoms with van der Waals surface area (Å²) in [5, 5.41) is 9.76. The summed E-state index contributed by atoms with van der Waals surface area (Å²) < 4.78 is 16.0. The topological polar surface area (TPSA) is 85.3 Å². The molecule has 27 heavy (non-hydrogen) atoms. The number of carboxylic acids is 1. The molecule has 1 aromatic carbocycles. The largest absolute Gasteiger partial charge is 0.493 e. The number of aliphatic carboxylic acids is 1. The molecule has 7 heteroatoms. The van der Waals surface area contributed by atoms with E-state index in [0.717, 1.165) is 5.56 Å². The Morgan fingerprint density at radius 2 is 2.07 bits per heavy atom. The third-order valence-corrected chi connectivity index (χ3v) is 5.86. The molecule has 3 atom stereocenters. The molecule has 3 rings (SSSR count). The van der Waals surface area contributed by atoms with Gasteiger partial charge in [0.15, 0.2) is 11.5 Å². The highest BCUT2D eigenvalue weighted by molar-refractivity contribution is 5.82. The van der Waals surface area contributed by atoms with Crippen LogP contribution in [0.1, 0.15) is 18.9 Å². The number of benzene rings is 1. The van der Waals surface area contributed by atoms with E-state index in [1.165, 1.54) is 0 Å². The van der Waals surface area contributed by atoms with Gasteiger partial charge in [0.1, 0.15) is 0 Å². The first-order valence-electron chi connectivity index (χ1n) is 9.22. The van der Waals surface area contributed by atoms with Gasteiger partial charge >= 0.3 is 5.97 Å². The van der Waals surface area contributed by atoms with Crippen molar-refractivity contribution in [2.24, 2.45) is 17.3 Å². The Bertz CT molecular complexity index is 720. The first kappa shape index (κ1) is 19.5. The first-order valence-corrected chi connectivity index (χ1v) is 9.22. The quantitative estimate of drug-likeness (QED) is 0.814. The molecule has 0 aliphatic carbocycles. The Morgan fingerprint density at radius 3 is 2.70 bits per heavy atom. The molecule has 2 fully saturated rings. The second-order valence-corrected chi connectivity index (χ2v) is 7.50. The zero-order valence-electron chi connectivity index (χ0n) is 16.1. The standard InChI is InChI=1S/C20H27NO6/c1-13(8-14-4-5-16(25-2)17(9-14)26-3)18(22)21-10-15-11-27-7-6-20(15,12-21)19(23)24/h4-5,9,13,15H,6-8,10-12H2,1-3H3,(H,23,24)/t13?,15-,20+/m0/s1. The maximum absolute atomic E-state index is 13.0. The van der Waals surface area contributed by atoms with Gasteiger partial charge in [0.2, 0.25) is 5.91 Å². The van der Waals surface area contributed by atoms with Gasteiger partial charge in [-0.25, -0.2) is 0 Å². The zero-order valence-corrected chi connectivity index (χ0v) is 16.1. The average Bonchev–Trinajstić information content (AvgIpc) is 3.08. The van der Waals surface area contributed by atoms with Gasteiger partial charge < -0.3 is 24.2 Å². The Morgan fingerprint density at radius 1 is 1.33 bits per heavy atom. The van der Waals surface area contributed by atoms with Crippen molar-refractivity contribution >= 4 is 11.9 Å². The summed E-state index contributed by atoms with van der Waals surface area (Å²) in [7, 11) is 3.16. The molecule has 1 amide bonds. The predicted molar refractivity (Wildman–Crippen MR) is 98.0 cm³/mol. The van der Waals surface area contributed by atoms with Crippen molar-refractivity contribution in [3.8, 4) is 11.5 Å². The van der Waals surface area contributed by atoms with Crippen LogP contribution in [-0.4, -0.2) is 62.4 Å². The molecule has 0 radical (unpaired) electrons. The number of ether oxygens (including phenoxy) is 3. The van der Waals surface area contributed by atoms with Crippen LogP contribution in [0.3, 0.4) is 0 Å². The van der Waals surface area contributed by atoms with E-state index in [1.807, 2.05) is 25.1 Å². The van der Waals surface area contributed by atoms with Crippen molar-refractivity contribution in [1.29, 1.82) is 0 Å². The average molecular weight is 377 g/mol. The molecular weight excluding hydrogens is 350 g/mol. The number of rotatable bonds is 6. The smallest absolute Gasteiger partial charge is 0.311 e. The molecule has 1 N–H and O–H groups in total. The fourth-order valence-corrected chi connectivity index (χ4v) is 4.23. The molecule has 148 valence electrons. The maximum atomic E-state index is 13.0. The monoisotopic (exact) mass is 377 g/mol. The summed E-state index contributed by atoms with van der Waals surface area (Å²) in [6, 6.07) is 5.62. The Balaban J connectivity index is 1.70. The SMILES string of the molecule is COc1ccc(CC(C)C(=O)N2C[C@H]3COCC[C@@]3(C(=O)O)C2)cc1OC. The van der Waals surface area contributed by atoms with Crippen LogP contribution in [-0.2, 0) is 20.7 Å². The van der Waals surface area contributed by atoms with Crippen LogP contribution in [0.4, 0.5) is 0 Å². The number of fused-ring (bicyclic) bond motifs is 1. The molecule has 0 saturated carbocycles. The number of hydrogen-bond donors (Lipinski definition) is 1. The number of nitrogens with zero attached hydrogens (tertiary/aromatic N) is 1. The Hall–Kier alpha value is -2.28. The third kappa shape index (κ3) is 3.60. The van der Waals surface area contributed by atoms with E-state index in [9.17, 15) is 14.7 Å². The van der Waals surface area contributed by atoms with E-state index in [-0.39, 0.29) is 24.3 Å². The number of methoxy groups -OCH3 is 2. The molecule has 0 aromatic heterocycles. The van der Waals surface area contributed by atoms with Crippen LogP contribution < -0.4 is 9.47 Å². The van der Waals surface area contributed by atoms with Crippen molar-refractivity contribution in [2.45, 2.75) is 19.8 Å². The van der Waals surface area contributed by atoms with Gasteiger partial charge in [0.25, 0.3) is 0 Å². The van der Waals surface area contributed by atoms with Crippen molar-refractivity contribution in [3.05, 3.63) is 23.8 Å². The van der Waals surface area contributed by atoms with E-state index in [4.69, 9.17) is 14.2 Å². The van der Waals surface area contributed by atoms with Gasteiger partial charge in [-0.05, 0) is 30.5 Å². The lowest BCUT2D eigenvalue weighted by Gasteiger charge is -2.33. The number of carboxylic acid groups (broad SMARTS) is 1. The lowest BCUT2D eigenvalue weighted by atomic mass is 9.74. The summed E-state index contributed by atoms with van der Waals surface area (Å²) in [4.78, 5) is 26.6. The number of carbonyl (C=O) groups is 2. The van der Waals surface area contributed by atoms with Gasteiger partial charge in [-0.15, -0.1) is 0 Å². The Labute approximate surface area is 159 Å². The van der Waals surface area contributed by atoms with E-state index in [0.29, 0.717) is 44.1 Å². The summed E-state index contributed by atoms with van der Waals surface area (Å²) in [5.41, 5.74) is 0.109. The van der Waals surface area contributed by atoms with Crippen LogP contribution in [0.25, 0.3) is 0 Å². The number of amides is 1. The lowest BCUT2D eigenvalue weighted by molar-refractivity contribution is -0.157. The number of hydrogen-bond acceptors (Lipinski definition) is 5. The summed E-state index contributed by atoms with van der Waals surface area (Å²) in [6.07, 6.45) is 1.01. The molecule has 0 bridgehead atoms. The van der Waals surface area contributed by atoms with Crippen molar-refractivity contribution in [2.75, 3.05) is 40.5 Å². The molecule has 2 heterocycles. The zero-order chi connectivity index (χ0) is 19.6. The van der Waals surface area contributed by atoms with Gasteiger partial charge in [0.05, 0.1) is 26.2 Å². The van der Waals surface area contributed by atoms with E-state index in [2.05, 4.69) is 0 Å². The minimum Gasteiger partial charge on any atom is -0.493 e. The highest BCUT2D eigenvalue weighted by Gasteiger charge is 2.55. The van der Waals surface area contributed by atoms with Crippen LogP contribution in [0.5, 0.6) is 11.5 Å². The Kier molecular flexibility index (Phi) is 5.60. The molecule has 2 saturated heterocycles.